The Balaban J connectivity index is 0.000000145. The summed E-state index contributed by atoms with van der Waals surface area (Å²) in [7, 11) is 0. The van der Waals surface area contributed by atoms with E-state index in [1.165, 1.54) is 6.20 Å². The van der Waals surface area contributed by atoms with Crippen LogP contribution < -0.4 is 0 Å². The van der Waals surface area contributed by atoms with Gasteiger partial charge in [0.1, 0.15) is 29.0 Å². The van der Waals surface area contributed by atoms with Crippen molar-refractivity contribution < 1.29 is 8.83 Å². The Morgan fingerprint density at radius 1 is 0.725 bits per heavy atom. The van der Waals surface area contributed by atoms with Gasteiger partial charge >= 0.3 is 0 Å². The first-order valence-corrected chi connectivity index (χ1v) is 17.9. The minimum atomic E-state index is 0.490. The maximum absolute atomic E-state index is 9.43. The van der Waals surface area contributed by atoms with Crippen molar-refractivity contribution in [2.45, 2.75) is 12.4 Å². The standard InChI is InChI=1S/C19H11BrClN3O.C10H6ClN3.C9H6BrClO/c20-15-3-6-18-17(7-15)14(11-25-18)10-24-9-13(8-22)19(23-24)12-1-4-16(21)5-2-12;11-9-3-1-7(2-4-9)10-8(5-12)6-13-14-10;10-7-1-2-9-8(3-7)6(4-11)5-12-9/h1-7,9,11H,10H2;1-4,6H,(H,13,14);1-3,5H,4H2. The molecule has 8 nitrogen and oxygen atoms in total. The number of rotatable bonds is 5. The van der Waals surface area contributed by atoms with E-state index in [9.17, 15) is 5.26 Å². The highest BCUT2D eigenvalue weighted by molar-refractivity contribution is 9.10. The normalized spacial score (nSPS) is 10.6. The summed E-state index contributed by atoms with van der Waals surface area (Å²) < 4.78 is 14.7. The van der Waals surface area contributed by atoms with Gasteiger partial charge in [0.25, 0.3) is 0 Å². The fourth-order valence-electron chi connectivity index (χ4n) is 5.12. The molecule has 0 saturated carbocycles. The number of furan rings is 2. The molecule has 8 aromatic rings. The molecule has 0 radical (unpaired) electrons. The van der Waals surface area contributed by atoms with E-state index in [4.69, 9.17) is 48.9 Å². The van der Waals surface area contributed by atoms with Crippen LogP contribution in [0.4, 0.5) is 0 Å². The fourth-order valence-corrected chi connectivity index (χ4v) is 6.30. The van der Waals surface area contributed by atoms with Gasteiger partial charge in [-0.1, -0.05) is 79.3 Å². The van der Waals surface area contributed by atoms with E-state index < -0.39 is 0 Å². The maximum Gasteiger partial charge on any atom is 0.134 e. The van der Waals surface area contributed by atoms with E-state index in [-0.39, 0.29) is 0 Å². The smallest absolute Gasteiger partial charge is 0.134 e. The molecular formula is C38H23Br2Cl3N6O2. The van der Waals surface area contributed by atoms with E-state index in [2.05, 4.69) is 59.3 Å². The first-order chi connectivity index (χ1) is 24.8. The Morgan fingerprint density at radius 2 is 1.27 bits per heavy atom. The molecule has 0 aliphatic carbocycles. The Morgan fingerprint density at radius 3 is 1.84 bits per heavy atom. The van der Waals surface area contributed by atoms with Crippen LogP contribution in [-0.4, -0.2) is 20.0 Å². The van der Waals surface area contributed by atoms with Crippen molar-refractivity contribution in [3.63, 3.8) is 0 Å². The average Bonchev–Trinajstić information content (AvgIpc) is 3.96. The third-order valence-electron chi connectivity index (χ3n) is 7.60. The Labute approximate surface area is 324 Å². The summed E-state index contributed by atoms with van der Waals surface area (Å²) in [6, 6.07) is 30.6. The summed E-state index contributed by atoms with van der Waals surface area (Å²) in [5.41, 5.74) is 7.94. The van der Waals surface area contributed by atoms with Crippen LogP contribution in [-0.2, 0) is 12.4 Å². The fraction of sp³-hybridized carbons (Fsp3) is 0.0526. The first-order valence-electron chi connectivity index (χ1n) is 15.1. The molecule has 0 atom stereocenters. The predicted molar refractivity (Wildman–Crippen MR) is 208 cm³/mol. The second-order valence-corrected chi connectivity index (χ2v) is 13.9. The lowest BCUT2D eigenvalue weighted by molar-refractivity contribution is 0.601. The molecular weight excluding hydrogens is 839 g/mol. The summed E-state index contributed by atoms with van der Waals surface area (Å²) in [5, 5.41) is 32.8. The van der Waals surface area contributed by atoms with Gasteiger partial charge in [0.2, 0.25) is 0 Å². The molecule has 4 heterocycles. The number of benzene rings is 4. The number of H-pyrrole nitrogens is 1. The highest BCUT2D eigenvalue weighted by atomic mass is 79.9. The monoisotopic (exact) mass is 858 g/mol. The molecule has 8 rings (SSSR count). The number of halogens is 5. The molecule has 252 valence electrons. The lowest BCUT2D eigenvalue weighted by Gasteiger charge is -2.00. The SMILES string of the molecule is ClCc1coc2ccc(Br)cc12.N#Cc1cn(Cc2coc3ccc(Br)cc23)nc1-c1ccc(Cl)cc1.N#Cc1cn[nH]c1-c1ccc(Cl)cc1. The molecule has 0 amide bonds. The van der Waals surface area contributed by atoms with E-state index in [1.807, 2.05) is 60.7 Å². The van der Waals surface area contributed by atoms with Crippen molar-refractivity contribution in [2.24, 2.45) is 0 Å². The van der Waals surface area contributed by atoms with Gasteiger partial charge in [-0.2, -0.15) is 20.7 Å². The van der Waals surface area contributed by atoms with Gasteiger partial charge in [-0.3, -0.25) is 9.78 Å². The molecule has 0 aliphatic heterocycles. The highest BCUT2D eigenvalue weighted by Gasteiger charge is 2.14. The second-order valence-electron chi connectivity index (χ2n) is 10.9. The van der Waals surface area contributed by atoms with Gasteiger partial charge in [0.15, 0.2) is 0 Å². The van der Waals surface area contributed by atoms with Gasteiger partial charge in [0.05, 0.1) is 48.0 Å². The number of hydrogen-bond donors (Lipinski definition) is 1. The average molecular weight is 862 g/mol. The largest absolute Gasteiger partial charge is 0.464 e. The van der Waals surface area contributed by atoms with Crippen molar-refractivity contribution in [3.8, 4) is 34.7 Å². The number of hydrogen-bond acceptors (Lipinski definition) is 6. The number of aromatic nitrogens is 4. The van der Waals surface area contributed by atoms with Crippen molar-refractivity contribution in [1.29, 1.82) is 10.5 Å². The third-order valence-corrected chi connectivity index (χ3v) is 9.38. The van der Waals surface area contributed by atoms with E-state index in [0.717, 1.165) is 58.8 Å². The van der Waals surface area contributed by atoms with Crippen molar-refractivity contribution in [3.05, 3.63) is 151 Å². The second kappa shape index (κ2) is 16.5. The molecule has 0 aliphatic rings. The lowest BCUT2D eigenvalue weighted by Crippen LogP contribution is -1.99. The lowest BCUT2D eigenvalue weighted by atomic mass is 10.1. The first kappa shape index (κ1) is 36.0. The molecule has 13 heteroatoms. The molecule has 4 aromatic heterocycles. The number of nitrogens with zero attached hydrogens (tertiary/aromatic N) is 5. The quantitative estimate of drug-likeness (QED) is 0.172. The number of nitriles is 2. The molecule has 0 saturated heterocycles. The minimum Gasteiger partial charge on any atom is -0.464 e. The molecule has 0 spiro atoms. The maximum atomic E-state index is 9.43. The molecule has 0 bridgehead atoms. The Bertz CT molecular complexity index is 2520. The van der Waals surface area contributed by atoms with Gasteiger partial charge in [-0.15, -0.1) is 11.6 Å². The summed E-state index contributed by atoms with van der Waals surface area (Å²) in [6.45, 7) is 0.520. The zero-order valence-corrected chi connectivity index (χ0v) is 31.7. The van der Waals surface area contributed by atoms with E-state index >= 15 is 0 Å². The zero-order valence-electron chi connectivity index (χ0n) is 26.2. The van der Waals surface area contributed by atoms with Crippen molar-refractivity contribution in [1.82, 2.24) is 20.0 Å². The van der Waals surface area contributed by atoms with Crippen LogP contribution in [0.15, 0.2) is 128 Å². The van der Waals surface area contributed by atoms with Crippen LogP contribution in [0, 0.1) is 22.7 Å². The van der Waals surface area contributed by atoms with Crippen molar-refractivity contribution >= 4 is 88.6 Å². The third kappa shape index (κ3) is 8.57. The van der Waals surface area contributed by atoms with Gasteiger partial charge in [-0.25, -0.2) is 0 Å². The number of nitrogens with one attached hydrogen (secondary N) is 1. The molecule has 4 aromatic carbocycles. The van der Waals surface area contributed by atoms with Gasteiger partial charge in [0, 0.05) is 58.2 Å². The number of fused-ring (bicyclic) bond motifs is 2. The molecule has 1 N–H and O–H groups in total. The van der Waals surface area contributed by atoms with Crippen LogP contribution >= 0.6 is 66.7 Å². The Kier molecular flexibility index (Phi) is 11.6. The number of aromatic amines is 1. The topological polar surface area (TPSA) is 120 Å². The summed E-state index contributed by atoms with van der Waals surface area (Å²) >= 11 is 24.3. The Hall–Kier alpha value is -4.81. The minimum absolute atomic E-state index is 0.490. The van der Waals surface area contributed by atoms with Gasteiger partial charge < -0.3 is 8.83 Å². The van der Waals surface area contributed by atoms with Crippen LogP contribution in [0.3, 0.4) is 0 Å². The predicted octanol–water partition coefficient (Wildman–Crippen LogP) is 12.2. The van der Waals surface area contributed by atoms with E-state index in [0.29, 0.717) is 39.3 Å². The number of alkyl halides is 1. The van der Waals surface area contributed by atoms with E-state index in [1.54, 1.807) is 47.7 Å². The molecule has 0 unspecified atom stereocenters. The molecule has 0 fully saturated rings. The highest BCUT2D eigenvalue weighted by Crippen LogP contribution is 2.28. The summed E-state index contributed by atoms with van der Waals surface area (Å²) in [4.78, 5) is 0. The van der Waals surface area contributed by atoms with Crippen LogP contribution in [0.5, 0.6) is 0 Å². The van der Waals surface area contributed by atoms with Gasteiger partial charge in [-0.05, 0) is 60.7 Å². The van der Waals surface area contributed by atoms with Crippen LogP contribution in [0.1, 0.15) is 22.3 Å². The van der Waals surface area contributed by atoms with Crippen molar-refractivity contribution in [2.75, 3.05) is 0 Å². The summed E-state index contributed by atoms with van der Waals surface area (Å²) in [6.07, 6.45) is 6.68. The van der Waals surface area contributed by atoms with Crippen LogP contribution in [0.25, 0.3) is 44.5 Å². The summed E-state index contributed by atoms with van der Waals surface area (Å²) in [5.74, 6) is 0.490. The zero-order chi connectivity index (χ0) is 35.9. The molecule has 51 heavy (non-hydrogen) atoms. The van der Waals surface area contributed by atoms with Crippen LogP contribution in [0.2, 0.25) is 10.0 Å².